The van der Waals surface area contributed by atoms with Gasteiger partial charge in [-0.3, -0.25) is 0 Å². The summed E-state index contributed by atoms with van der Waals surface area (Å²) in [7, 11) is 0. The number of hydrogen-bond donors (Lipinski definition) is 0. The number of allylic oxidation sites excluding steroid dienone is 1. The van der Waals surface area contributed by atoms with Crippen molar-refractivity contribution < 1.29 is 4.74 Å². The first-order chi connectivity index (χ1) is 11.6. The third kappa shape index (κ3) is 7.38. The average Bonchev–Trinajstić information content (AvgIpc) is 2.62. The molecule has 1 unspecified atom stereocenters. The van der Waals surface area contributed by atoms with Crippen LogP contribution in [0.3, 0.4) is 0 Å². The molecular weight excluding hydrogens is 292 g/mol. The molecule has 1 rings (SSSR count). The molecule has 0 saturated carbocycles. The number of benzene rings is 1. The van der Waals surface area contributed by atoms with Crippen LogP contribution < -0.4 is 0 Å². The molecule has 1 heteroatoms. The Morgan fingerprint density at radius 2 is 1.54 bits per heavy atom. The third-order valence-electron chi connectivity index (χ3n) is 4.79. The zero-order valence-corrected chi connectivity index (χ0v) is 16.1. The fourth-order valence-corrected chi connectivity index (χ4v) is 2.88. The Bertz CT molecular complexity index is 483. The maximum Gasteiger partial charge on any atom is 0.119 e. The van der Waals surface area contributed by atoms with Gasteiger partial charge in [0.15, 0.2) is 0 Å². The molecule has 0 aliphatic rings. The van der Waals surface area contributed by atoms with Gasteiger partial charge < -0.3 is 4.74 Å². The zero-order valence-electron chi connectivity index (χ0n) is 16.1. The topological polar surface area (TPSA) is 9.23 Å². The predicted octanol–water partition coefficient (Wildman–Crippen LogP) is 7.48. The molecule has 1 aromatic rings. The van der Waals surface area contributed by atoms with Crippen LogP contribution in [0.4, 0.5) is 0 Å². The first-order valence-corrected chi connectivity index (χ1v) is 9.72. The second-order valence-corrected chi connectivity index (χ2v) is 6.76. The molecule has 0 heterocycles. The van der Waals surface area contributed by atoms with Gasteiger partial charge in [-0.05, 0) is 36.3 Å². The molecule has 0 aromatic heterocycles. The Morgan fingerprint density at radius 3 is 2.12 bits per heavy atom. The van der Waals surface area contributed by atoms with Crippen LogP contribution in [-0.4, -0.2) is 6.61 Å². The molecule has 0 fully saturated rings. The van der Waals surface area contributed by atoms with Crippen molar-refractivity contribution in [1.82, 2.24) is 0 Å². The molecule has 0 aliphatic carbocycles. The van der Waals surface area contributed by atoms with Crippen molar-refractivity contribution in [2.24, 2.45) is 5.92 Å². The molecular formula is C23H36O. The highest BCUT2D eigenvalue weighted by Gasteiger charge is 2.08. The summed E-state index contributed by atoms with van der Waals surface area (Å²) in [6.45, 7) is 15.8. The molecule has 1 atom stereocenters. The van der Waals surface area contributed by atoms with E-state index < -0.39 is 0 Å². The lowest BCUT2D eigenvalue weighted by atomic mass is 9.91. The minimum Gasteiger partial charge on any atom is -0.494 e. The molecule has 1 nitrogen and oxygen atoms in total. The van der Waals surface area contributed by atoms with Crippen LogP contribution >= 0.6 is 0 Å². The molecule has 0 bridgehead atoms. The van der Waals surface area contributed by atoms with Gasteiger partial charge in [0, 0.05) is 5.56 Å². The Morgan fingerprint density at radius 1 is 0.917 bits per heavy atom. The highest BCUT2D eigenvalue weighted by molar-refractivity contribution is 5.66. The van der Waals surface area contributed by atoms with Crippen LogP contribution in [0.5, 0.6) is 0 Å². The van der Waals surface area contributed by atoms with E-state index in [4.69, 9.17) is 4.74 Å². The summed E-state index contributed by atoms with van der Waals surface area (Å²) in [5, 5.41) is 0. The van der Waals surface area contributed by atoms with Crippen molar-refractivity contribution in [3.63, 3.8) is 0 Å². The summed E-state index contributed by atoms with van der Waals surface area (Å²) in [4.78, 5) is 0. The smallest absolute Gasteiger partial charge is 0.119 e. The Hall–Kier alpha value is -1.50. The van der Waals surface area contributed by atoms with Crippen LogP contribution in [0.15, 0.2) is 37.4 Å². The predicted molar refractivity (Wildman–Crippen MR) is 108 cm³/mol. The van der Waals surface area contributed by atoms with Gasteiger partial charge in [-0.1, -0.05) is 90.3 Å². The summed E-state index contributed by atoms with van der Waals surface area (Å²) in [5.74, 6) is 1.61. The number of ether oxygens (including phenoxy) is 1. The molecule has 1 aromatic carbocycles. The molecule has 0 aliphatic heterocycles. The van der Waals surface area contributed by atoms with Crippen molar-refractivity contribution in [3.05, 3.63) is 48.6 Å². The van der Waals surface area contributed by atoms with Gasteiger partial charge in [-0.2, -0.15) is 0 Å². The van der Waals surface area contributed by atoms with Crippen LogP contribution in [0.2, 0.25) is 0 Å². The Labute approximate surface area is 149 Å². The second kappa shape index (κ2) is 11.9. The van der Waals surface area contributed by atoms with E-state index in [2.05, 4.69) is 58.2 Å². The van der Waals surface area contributed by atoms with E-state index in [9.17, 15) is 0 Å². The van der Waals surface area contributed by atoms with E-state index >= 15 is 0 Å². The molecule has 0 amide bonds. The highest BCUT2D eigenvalue weighted by atomic mass is 16.5. The average molecular weight is 329 g/mol. The lowest BCUT2D eigenvalue weighted by Gasteiger charge is -2.15. The highest BCUT2D eigenvalue weighted by Crippen LogP contribution is 2.26. The van der Waals surface area contributed by atoms with Gasteiger partial charge in [0.1, 0.15) is 5.76 Å². The van der Waals surface area contributed by atoms with Crippen LogP contribution in [-0.2, 0) is 4.74 Å². The fraction of sp³-hybridized carbons (Fsp3) is 0.565. The van der Waals surface area contributed by atoms with E-state index in [0.29, 0.717) is 0 Å². The first kappa shape index (κ1) is 20.5. The number of rotatable bonds is 13. The van der Waals surface area contributed by atoms with Gasteiger partial charge in [0.25, 0.3) is 0 Å². The van der Waals surface area contributed by atoms with Crippen molar-refractivity contribution in [3.8, 4) is 0 Å². The van der Waals surface area contributed by atoms with E-state index in [1.807, 2.05) is 0 Å². The molecule has 0 radical (unpaired) electrons. The zero-order chi connectivity index (χ0) is 17.8. The SMILES string of the molecule is C=C(CCC(CC)CCCC)c1ccc(C(=C)OCCCC)cc1. The van der Waals surface area contributed by atoms with E-state index in [1.54, 1.807) is 0 Å². The van der Waals surface area contributed by atoms with Crippen LogP contribution in [0, 0.1) is 5.92 Å². The normalized spacial score (nSPS) is 12.0. The van der Waals surface area contributed by atoms with Crippen LogP contribution in [0.1, 0.15) is 83.3 Å². The summed E-state index contributed by atoms with van der Waals surface area (Å²) in [6, 6.07) is 8.50. The quantitative estimate of drug-likeness (QED) is 0.269. The summed E-state index contributed by atoms with van der Waals surface area (Å²) in [5.41, 5.74) is 3.55. The maximum absolute atomic E-state index is 5.68. The largest absolute Gasteiger partial charge is 0.494 e. The van der Waals surface area contributed by atoms with E-state index in [-0.39, 0.29) is 0 Å². The van der Waals surface area contributed by atoms with Crippen molar-refractivity contribution in [2.45, 2.75) is 72.1 Å². The molecule has 0 spiro atoms. The number of hydrogen-bond acceptors (Lipinski definition) is 1. The summed E-state index contributed by atoms with van der Waals surface area (Å²) >= 11 is 0. The fourth-order valence-electron chi connectivity index (χ4n) is 2.88. The van der Waals surface area contributed by atoms with Gasteiger partial charge in [0.2, 0.25) is 0 Å². The molecule has 0 N–H and O–H groups in total. The standard InChI is InChI=1S/C23H36O/c1-6-9-11-21(8-3)13-12-19(4)22-14-16-23(17-15-22)20(5)24-18-10-7-2/h14-17,21H,4-13,18H2,1-3H3. The molecule has 0 saturated heterocycles. The van der Waals surface area contributed by atoms with Crippen molar-refractivity contribution in [1.29, 1.82) is 0 Å². The van der Waals surface area contributed by atoms with Gasteiger partial charge in [0.05, 0.1) is 6.61 Å². The summed E-state index contributed by atoms with van der Waals surface area (Å²) < 4.78 is 5.68. The Kier molecular flexibility index (Phi) is 10.2. The minimum absolute atomic E-state index is 0.750. The van der Waals surface area contributed by atoms with Crippen LogP contribution in [0.25, 0.3) is 11.3 Å². The lowest BCUT2D eigenvalue weighted by molar-refractivity contribution is 0.271. The maximum atomic E-state index is 5.68. The van der Waals surface area contributed by atoms with E-state index in [0.717, 1.165) is 43.1 Å². The van der Waals surface area contributed by atoms with Gasteiger partial charge in [-0.25, -0.2) is 0 Å². The molecule has 24 heavy (non-hydrogen) atoms. The number of unbranched alkanes of at least 4 members (excludes halogenated alkanes) is 2. The van der Waals surface area contributed by atoms with Gasteiger partial charge in [-0.15, -0.1) is 0 Å². The molecule has 134 valence electrons. The first-order valence-electron chi connectivity index (χ1n) is 9.72. The van der Waals surface area contributed by atoms with E-state index in [1.165, 1.54) is 43.2 Å². The van der Waals surface area contributed by atoms with Gasteiger partial charge >= 0.3 is 0 Å². The van der Waals surface area contributed by atoms with Crippen molar-refractivity contribution >= 4 is 11.3 Å². The summed E-state index contributed by atoms with van der Waals surface area (Å²) in [6.07, 6.45) is 9.84. The lowest BCUT2D eigenvalue weighted by Crippen LogP contribution is -1.99. The van der Waals surface area contributed by atoms with Crippen molar-refractivity contribution in [2.75, 3.05) is 6.61 Å². The minimum atomic E-state index is 0.750. The third-order valence-corrected chi connectivity index (χ3v) is 4.79. The Balaban J connectivity index is 2.49. The second-order valence-electron chi connectivity index (χ2n) is 6.76. The monoisotopic (exact) mass is 328 g/mol.